The van der Waals surface area contributed by atoms with E-state index in [4.69, 9.17) is 4.74 Å². The second kappa shape index (κ2) is 3.70. The van der Waals surface area contributed by atoms with Crippen molar-refractivity contribution in [2.45, 2.75) is 38.9 Å². The number of ether oxygens (including phenoxy) is 1. The highest BCUT2D eigenvalue weighted by Crippen LogP contribution is 2.55. The Morgan fingerprint density at radius 1 is 1.56 bits per heavy atom. The Morgan fingerprint density at radius 3 is 3.00 bits per heavy atom. The van der Waals surface area contributed by atoms with Crippen LogP contribution in [-0.2, 0) is 9.53 Å². The van der Waals surface area contributed by atoms with Crippen molar-refractivity contribution in [2.24, 2.45) is 23.2 Å². The van der Waals surface area contributed by atoms with Gasteiger partial charge in [-0.2, -0.15) is 0 Å². The molecule has 1 aliphatic heterocycles. The summed E-state index contributed by atoms with van der Waals surface area (Å²) in [5, 5.41) is 10.0. The molecule has 1 saturated heterocycles. The Morgan fingerprint density at radius 2 is 2.28 bits per heavy atom. The van der Waals surface area contributed by atoms with Gasteiger partial charge >= 0.3 is 5.97 Å². The van der Waals surface area contributed by atoms with Crippen LogP contribution in [0.2, 0.25) is 0 Å². The zero-order valence-corrected chi connectivity index (χ0v) is 10.9. The van der Waals surface area contributed by atoms with E-state index in [0.717, 1.165) is 12.8 Å². The van der Waals surface area contributed by atoms with Crippen LogP contribution in [0.3, 0.4) is 0 Å². The van der Waals surface area contributed by atoms with Crippen LogP contribution in [0.1, 0.15) is 26.7 Å². The summed E-state index contributed by atoms with van der Waals surface area (Å²) in [4.78, 5) is 11.7. The van der Waals surface area contributed by atoms with E-state index in [9.17, 15) is 9.90 Å². The molecule has 0 aromatic carbocycles. The SMILES string of the molecule is C=C1C(=O)O[C@H]2[C@H]3[C@H](C)[C@@H](O)C=C[C@]3(C)CC[C@@H]12. The number of fused-ring (bicyclic) bond motifs is 3. The maximum absolute atomic E-state index is 11.7. The Labute approximate surface area is 108 Å². The zero-order valence-electron chi connectivity index (χ0n) is 10.9. The molecule has 3 rings (SSSR count). The molecular formula is C15H20O3. The van der Waals surface area contributed by atoms with Crippen molar-refractivity contribution in [1.82, 2.24) is 0 Å². The molecule has 18 heavy (non-hydrogen) atoms. The molecule has 3 nitrogen and oxygen atoms in total. The molecule has 0 aromatic rings. The summed E-state index contributed by atoms with van der Waals surface area (Å²) < 4.78 is 5.55. The molecule has 6 atom stereocenters. The molecule has 3 aliphatic rings. The van der Waals surface area contributed by atoms with Gasteiger partial charge in [0.25, 0.3) is 0 Å². The summed E-state index contributed by atoms with van der Waals surface area (Å²) in [6, 6.07) is 0. The lowest BCUT2D eigenvalue weighted by molar-refractivity contribution is -0.149. The molecular weight excluding hydrogens is 228 g/mol. The molecule has 0 unspecified atom stereocenters. The minimum atomic E-state index is -0.436. The van der Waals surface area contributed by atoms with Crippen molar-refractivity contribution in [3.63, 3.8) is 0 Å². The number of aliphatic hydroxyl groups is 1. The summed E-state index contributed by atoms with van der Waals surface area (Å²) in [7, 11) is 0. The maximum atomic E-state index is 11.7. The monoisotopic (exact) mass is 248 g/mol. The second-order valence-electron chi connectivity index (χ2n) is 6.28. The van der Waals surface area contributed by atoms with Gasteiger partial charge in [0, 0.05) is 17.4 Å². The summed E-state index contributed by atoms with van der Waals surface area (Å²) in [5.74, 6) is 0.216. The van der Waals surface area contributed by atoms with Crippen LogP contribution in [0.4, 0.5) is 0 Å². The minimum Gasteiger partial charge on any atom is -0.458 e. The van der Waals surface area contributed by atoms with E-state index in [-0.39, 0.29) is 35.2 Å². The smallest absolute Gasteiger partial charge is 0.334 e. The first-order valence-corrected chi connectivity index (χ1v) is 6.71. The van der Waals surface area contributed by atoms with Crippen LogP contribution in [-0.4, -0.2) is 23.3 Å². The van der Waals surface area contributed by atoms with Crippen molar-refractivity contribution in [2.75, 3.05) is 0 Å². The summed E-state index contributed by atoms with van der Waals surface area (Å²) in [5.41, 5.74) is 0.656. The summed E-state index contributed by atoms with van der Waals surface area (Å²) >= 11 is 0. The van der Waals surface area contributed by atoms with Gasteiger partial charge in [-0.15, -0.1) is 0 Å². The third kappa shape index (κ3) is 1.43. The van der Waals surface area contributed by atoms with Crippen LogP contribution >= 0.6 is 0 Å². The van der Waals surface area contributed by atoms with E-state index in [1.54, 1.807) is 0 Å². The Hall–Kier alpha value is -1.09. The molecule has 0 radical (unpaired) electrons. The fraction of sp³-hybridized carbons (Fsp3) is 0.667. The molecule has 3 heteroatoms. The lowest BCUT2D eigenvalue weighted by Crippen LogP contribution is -2.50. The Kier molecular flexibility index (Phi) is 2.46. The van der Waals surface area contributed by atoms with E-state index in [2.05, 4.69) is 19.6 Å². The van der Waals surface area contributed by atoms with Gasteiger partial charge in [-0.25, -0.2) is 4.79 Å². The van der Waals surface area contributed by atoms with Crippen LogP contribution < -0.4 is 0 Å². The van der Waals surface area contributed by atoms with Crippen LogP contribution in [0.15, 0.2) is 24.3 Å². The van der Waals surface area contributed by atoms with Crippen LogP contribution in [0, 0.1) is 23.2 Å². The van der Waals surface area contributed by atoms with Gasteiger partial charge in [0.15, 0.2) is 0 Å². The summed E-state index contributed by atoms with van der Waals surface area (Å²) in [6.07, 6.45) is 5.46. The quantitative estimate of drug-likeness (QED) is 0.405. The zero-order chi connectivity index (χ0) is 13.1. The average molecular weight is 248 g/mol. The van der Waals surface area contributed by atoms with Crippen molar-refractivity contribution < 1.29 is 14.6 Å². The third-order valence-electron chi connectivity index (χ3n) is 5.24. The maximum Gasteiger partial charge on any atom is 0.334 e. The van der Waals surface area contributed by atoms with Crippen LogP contribution in [0.5, 0.6) is 0 Å². The van der Waals surface area contributed by atoms with Crippen molar-refractivity contribution >= 4 is 5.97 Å². The molecule has 1 heterocycles. The van der Waals surface area contributed by atoms with Gasteiger partial charge < -0.3 is 9.84 Å². The van der Waals surface area contributed by atoms with Gasteiger partial charge in [0.1, 0.15) is 6.10 Å². The topological polar surface area (TPSA) is 46.5 Å². The van der Waals surface area contributed by atoms with Crippen molar-refractivity contribution in [3.05, 3.63) is 24.3 Å². The largest absolute Gasteiger partial charge is 0.458 e. The number of carbonyl (C=O) groups excluding carboxylic acids is 1. The van der Waals surface area contributed by atoms with E-state index in [1.165, 1.54) is 0 Å². The highest BCUT2D eigenvalue weighted by molar-refractivity contribution is 5.90. The lowest BCUT2D eigenvalue weighted by Gasteiger charge is -2.50. The number of esters is 1. The van der Waals surface area contributed by atoms with Gasteiger partial charge in [-0.1, -0.05) is 32.6 Å². The summed E-state index contributed by atoms with van der Waals surface area (Å²) in [6.45, 7) is 8.13. The normalized spacial score (nSPS) is 50.7. The molecule has 1 saturated carbocycles. The first-order chi connectivity index (χ1) is 8.44. The lowest BCUT2D eigenvalue weighted by atomic mass is 9.55. The van der Waals surface area contributed by atoms with E-state index in [1.807, 2.05) is 13.0 Å². The molecule has 2 aliphatic carbocycles. The molecule has 0 aromatic heterocycles. The number of carbonyl (C=O) groups is 1. The number of rotatable bonds is 0. The van der Waals surface area contributed by atoms with E-state index >= 15 is 0 Å². The third-order valence-corrected chi connectivity index (χ3v) is 5.24. The van der Waals surface area contributed by atoms with Gasteiger partial charge in [-0.05, 0) is 24.2 Å². The fourth-order valence-electron chi connectivity index (χ4n) is 4.10. The number of hydrogen-bond acceptors (Lipinski definition) is 3. The Balaban J connectivity index is 2.00. The Bertz CT molecular complexity index is 439. The highest BCUT2D eigenvalue weighted by atomic mass is 16.6. The van der Waals surface area contributed by atoms with Crippen molar-refractivity contribution in [1.29, 1.82) is 0 Å². The van der Waals surface area contributed by atoms with Gasteiger partial charge in [0.2, 0.25) is 0 Å². The predicted molar refractivity (Wildman–Crippen MR) is 67.7 cm³/mol. The average Bonchev–Trinajstić information content (AvgIpc) is 2.60. The van der Waals surface area contributed by atoms with Gasteiger partial charge in [-0.3, -0.25) is 0 Å². The molecule has 0 bridgehead atoms. The van der Waals surface area contributed by atoms with Gasteiger partial charge in [0.05, 0.1) is 6.10 Å². The van der Waals surface area contributed by atoms with Crippen LogP contribution in [0.25, 0.3) is 0 Å². The molecule has 0 amide bonds. The van der Waals surface area contributed by atoms with E-state index in [0.29, 0.717) is 5.57 Å². The van der Waals surface area contributed by atoms with E-state index < -0.39 is 6.10 Å². The highest BCUT2D eigenvalue weighted by Gasteiger charge is 2.56. The first-order valence-electron chi connectivity index (χ1n) is 6.71. The number of aliphatic hydroxyl groups excluding tert-OH is 1. The molecule has 98 valence electrons. The second-order valence-corrected chi connectivity index (χ2v) is 6.28. The molecule has 2 fully saturated rings. The number of hydrogen-bond donors (Lipinski definition) is 1. The van der Waals surface area contributed by atoms with Crippen molar-refractivity contribution in [3.8, 4) is 0 Å². The predicted octanol–water partition coefficient (Wildman–Crippen LogP) is 2.07. The fourth-order valence-corrected chi connectivity index (χ4v) is 4.10. The minimum absolute atomic E-state index is 0.0325. The number of allylic oxidation sites excluding steroid dienone is 1. The first kappa shape index (κ1) is 12.0. The molecule has 1 N–H and O–H groups in total. The molecule has 0 spiro atoms. The standard InChI is InChI=1S/C15H20O3/c1-8-10-4-6-15(3)7-5-11(16)9(2)12(15)13(10)18-14(8)17/h5,7,9-13,16H,1,4,6H2,2-3H3/t9-,10+,11+,12-,13-,15+/m1/s1.